The first-order valence-corrected chi connectivity index (χ1v) is 13.1. The summed E-state index contributed by atoms with van der Waals surface area (Å²) < 4.78 is 36.2. The van der Waals surface area contributed by atoms with Crippen LogP contribution in [0, 0.1) is 0 Å². The van der Waals surface area contributed by atoms with E-state index >= 15 is 0 Å². The highest BCUT2D eigenvalue weighted by molar-refractivity contribution is 7.92. The van der Waals surface area contributed by atoms with E-state index in [2.05, 4.69) is 15.8 Å². The van der Waals surface area contributed by atoms with Gasteiger partial charge in [-0.15, -0.1) is 0 Å². The van der Waals surface area contributed by atoms with Crippen molar-refractivity contribution in [2.45, 2.75) is 0 Å². The van der Waals surface area contributed by atoms with Crippen LogP contribution < -0.4 is 24.5 Å². The van der Waals surface area contributed by atoms with E-state index in [0.29, 0.717) is 27.8 Å². The van der Waals surface area contributed by atoms with Crippen molar-refractivity contribution in [2.24, 2.45) is 5.10 Å². The molecule has 0 fully saturated rings. The number of carbonyl (C=O) groups excluding carboxylic acids is 2. The Morgan fingerprint density at radius 1 is 1.00 bits per heavy atom. The maximum Gasteiger partial charge on any atom is 0.262 e. The number of carbonyl (C=O) groups is 2. The second kappa shape index (κ2) is 12.7. The number of ether oxygens (including phenoxy) is 2. The van der Waals surface area contributed by atoms with E-state index in [4.69, 9.17) is 21.1 Å². The lowest BCUT2D eigenvalue weighted by molar-refractivity contribution is -0.119. The molecule has 194 valence electrons. The number of sulfonamides is 1. The van der Waals surface area contributed by atoms with Gasteiger partial charge in [0.25, 0.3) is 11.8 Å². The third-order valence-corrected chi connectivity index (χ3v) is 6.30. The highest BCUT2D eigenvalue weighted by Crippen LogP contribution is 2.29. The predicted octanol–water partition coefficient (Wildman–Crippen LogP) is 3.28. The van der Waals surface area contributed by atoms with E-state index in [1.807, 2.05) is 0 Å². The summed E-state index contributed by atoms with van der Waals surface area (Å²) in [5.74, 6) is -0.237. The molecule has 12 heteroatoms. The average molecular weight is 545 g/mol. The van der Waals surface area contributed by atoms with Gasteiger partial charge in [0.05, 0.1) is 36.0 Å². The van der Waals surface area contributed by atoms with Gasteiger partial charge in [-0.1, -0.05) is 35.9 Å². The maximum absolute atomic E-state index is 12.4. The number of para-hydroxylation sites is 3. The van der Waals surface area contributed by atoms with Gasteiger partial charge < -0.3 is 14.8 Å². The van der Waals surface area contributed by atoms with Gasteiger partial charge in [-0.3, -0.25) is 13.9 Å². The first kappa shape index (κ1) is 27.5. The lowest BCUT2D eigenvalue weighted by Crippen LogP contribution is -2.39. The molecule has 0 aliphatic heterocycles. The number of halogens is 1. The van der Waals surface area contributed by atoms with Gasteiger partial charge >= 0.3 is 0 Å². The van der Waals surface area contributed by atoms with Gasteiger partial charge in [-0.05, 0) is 54.1 Å². The summed E-state index contributed by atoms with van der Waals surface area (Å²) in [6.07, 6.45) is 2.39. The molecule has 0 aliphatic carbocycles. The zero-order valence-corrected chi connectivity index (χ0v) is 21.6. The van der Waals surface area contributed by atoms with Crippen molar-refractivity contribution >= 4 is 51.0 Å². The second-order valence-electron chi connectivity index (χ2n) is 7.62. The molecule has 3 rings (SSSR count). The molecule has 2 amide bonds. The van der Waals surface area contributed by atoms with Crippen LogP contribution in [-0.2, 0) is 19.6 Å². The summed E-state index contributed by atoms with van der Waals surface area (Å²) in [4.78, 5) is 24.5. The second-order valence-corrected chi connectivity index (χ2v) is 9.93. The Morgan fingerprint density at radius 3 is 2.35 bits per heavy atom. The van der Waals surface area contributed by atoms with Crippen LogP contribution in [0.5, 0.6) is 11.5 Å². The smallest absolute Gasteiger partial charge is 0.262 e. The standard InChI is InChI=1S/C25H25ClN4O6S/c1-35-23-10-6-5-9-22(23)30(37(2,33)34)16-24(31)29-27-15-18-11-13-19(14-12-18)36-17-25(32)28-21-8-4-3-7-20(21)26/h3-15H,16-17H2,1-2H3,(H,28,32)(H,29,31)/b27-15+. The first-order valence-electron chi connectivity index (χ1n) is 10.9. The molecule has 3 aromatic carbocycles. The summed E-state index contributed by atoms with van der Waals surface area (Å²) in [6, 6.07) is 20.0. The SMILES string of the molecule is COc1ccccc1N(CC(=O)N/N=C/c1ccc(OCC(=O)Nc2ccccc2Cl)cc1)S(C)(=O)=O. The quantitative estimate of drug-likeness (QED) is 0.282. The summed E-state index contributed by atoms with van der Waals surface area (Å²) in [7, 11) is -2.36. The Balaban J connectivity index is 1.52. The fourth-order valence-electron chi connectivity index (χ4n) is 3.11. The summed E-state index contributed by atoms with van der Waals surface area (Å²) in [5.41, 5.74) is 3.68. The van der Waals surface area contributed by atoms with Crippen LogP contribution in [0.3, 0.4) is 0 Å². The summed E-state index contributed by atoms with van der Waals surface area (Å²) in [5, 5.41) is 6.97. The van der Waals surface area contributed by atoms with Crippen LogP contribution in [0.15, 0.2) is 77.9 Å². The molecular formula is C25H25ClN4O6S. The van der Waals surface area contributed by atoms with Crippen LogP contribution in [0.2, 0.25) is 5.02 Å². The molecule has 0 aliphatic rings. The lowest BCUT2D eigenvalue weighted by Gasteiger charge is -2.23. The molecule has 0 bridgehead atoms. The monoisotopic (exact) mass is 544 g/mol. The third-order valence-electron chi connectivity index (χ3n) is 4.84. The molecule has 0 radical (unpaired) electrons. The zero-order chi connectivity index (χ0) is 26.8. The van der Waals surface area contributed by atoms with E-state index in [0.717, 1.165) is 10.6 Å². The number of amides is 2. The van der Waals surface area contributed by atoms with Gasteiger partial charge in [-0.2, -0.15) is 5.10 Å². The number of nitrogens with one attached hydrogen (secondary N) is 2. The molecule has 0 saturated carbocycles. The number of hydrogen-bond donors (Lipinski definition) is 2. The number of benzene rings is 3. The van der Waals surface area contributed by atoms with E-state index in [-0.39, 0.29) is 18.2 Å². The lowest BCUT2D eigenvalue weighted by atomic mass is 10.2. The van der Waals surface area contributed by atoms with Gasteiger partial charge in [0.2, 0.25) is 10.0 Å². The Hall–Kier alpha value is -4.09. The van der Waals surface area contributed by atoms with Crippen LogP contribution in [0.4, 0.5) is 11.4 Å². The number of hydrazone groups is 1. The molecule has 10 nitrogen and oxygen atoms in total. The molecule has 0 heterocycles. The Morgan fingerprint density at radius 2 is 1.68 bits per heavy atom. The zero-order valence-electron chi connectivity index (χ0n) is 20.0. The number of rotatable bonds is 11. The van der Waals surface area contributed by atoms with E-state index in [1.165, 1.54) is 13.3 Å². The predicted molar refractivity (Wildman–Crippen MR) is 143 cm³/mol. The van der Waals surface area contributed by atoms with Gasteiger partial charge in [0.15, 0.2) is 6.61 Å². The van der Waals surface area contributed by atoms with Crippen LogP contribution in [-0.4, -0.2) is 53.0 Å². The van der Waals surface area contributed by atoms with E-state index < -0.39 is 22.5 Å². The molecule has 2 N–H and O–H groups in total. The van der Waals surface area contributed by atoms with Gasteiger partial charge in [0, 0.05) is 0 Å². The normalized spacial score (nSPS) is 11.1. The van der Waals surface area contributed by atoms with Crippen molar-refractivity contribution in [3.63, 3.8) is 0 Å². The molecule has 0 spiro atoms. The summed E-state index contributed by atoms with van der Waals surface area (Å²) >= 11 is 6.02. The topological polar surface area (TPSA) is 126 Å². The molecule has 0 atom stereocenters. The van der Waals surface area contributed by atoms with Crippen LogP contribution >= 0.6 is 11.6 Å². The number of anilines is 2. The van der Waals surface area contributed by atoms with Crippen molar-refractivity contribution in [1.82, 2.24) is 5.43 Å². The van der Waals surface area contributed by atoms with Crippen LogP contribution in [0.1, 0.15) is 5.56 Å². The molecular weight excluding hydrogens is 520 g/mol. The largest absolute Gasteiger partial charge is 0.495 e. The Kier molecular flexibility index (Phi) is 9.47. The van der Waals surface area contributed by atoms with Crippen molar-refractivity contribution in [2.75, 3.05) is 36.1 Å². The minimum absolute atomic E-state index is 0.211. The van der Waals surface area contributed by atoms with Crippen LogP contribution in [0.25, 0.3) is 0 Å². The maximum atomic E-state index is 12.4. The van der Waals surface area contributed by atoms with Crippen molar-refractivity contribution < 1.29 is 27.5 Å². The number of nitrogens with zero attached hydrogens (tertiary/aromatic N) is 2. The molecule has 0 aromatic heterocycles. The third kappa shape index (κ3) is 8.23. The summed E-state index contributed by atoms with van der Waals surface area (Å²) in [6.45, 7) is -0.697. The van der Waals surface area contributed by atoms with E-state index in [9.17, 15) is 18.0 Å². The minimum atomic E-state index is -3.77. The van der Waals surface area contributed by atoms with Crippen molar-refractivity contribution in [1.29, 1.82) is 0 Å². The van der Waals surface area contributed by atoms with Crippen molar-refractivity contribution in [3.8, 4) is 11.5 Å². The Labute approximate surface area is 219 Å². The van der Waals surface area contributed by atoms with E-state index in [1.54, 1.807) is 72.8 Å². The fourth-order valence-corrected chi connectivity index (χ4v) is 4.15. The van der Waals surface area contributed by atoms with Crippen molar-refractivity contribution in [3.05, 3.63) is 83.4 Å². The highest BCUT2D eigenvalue weighted by atomic mass is 35.5. The minimum Gasteiger partial charge on any atom is -0.495 e. The average Bonchev–Trinajstić information content (AvgIpc) is 2.87. The van der Waals surface area contributed by atoms with Gasteiger partial charge in [0.1, 0.15) is 18.0 Å². The first-order chi connectivity index (χ1) is 17.7. The molecule has 37 heavy (non-hydrogen) atoms. The molecule has 0 saturated heterocycles. The molecule has 0 unspecified atom stereocenters. The fraction of sp³-hybridized carbons (Fsp3) is 0.160. The number of hydrogen-bond acceptors (Lipinski definition) is 7. The van der Waals surface area contributed by atoms with Gasteiger partial charge in [-0.25, -0.2) is 13.8 Å². The number of methoxy groups -OCH3 is 1. The Bertz CT molecular complexity index is 1380. The highest BCUT2D eigenvalue weighted by Gasteiger charge is 2.23. The molecule has 3 aromatic rings.